The zero-order valence-electron chi connectivity index (χ0n) is 9.81. The number of anilines is 1. The minimum absolute atomic E-state index is 0.108. The molecular weight excluding hydrogens is 265 g/mol. The minimum Gasteiger partial charge on any atom is -0.320 e. The fraction of sp³-hybridized carbons (Fsp3) is 0.0769. The van der Waals surface area contributed by atoms with Crippen LogP contribution in [0.5, 0.6) is 0 Å². The average molecular weight is 275 g/mol. The first kappa shape index (κ1) is 13.2. The molecule has 19 heavy (non-hydrogen) atoms. The standard InChI is InChI=1S/C13H10FN3OS/c14-10-6-9(2-1-5-15)3-4-11(10)17-13(18)12-7-16-8-19-12/h3-4,6-8H,5,15H2,(H,17,18). The summed E-state index contributed by atoms with van der Waals surface area (Å²) in [5, 5.41) is 2.48. The summed E-state index contributed by atoms with van der Waals surface area (Å²) >= 11 is 1.19. The Bertz CT molecular complexity index is 644. The van der Waals surface area contributed by atoms with Crippen LogP contribution in [-0.2, 0) is 0 Å². The van der Waals surface area contributed by atoms with E-state index in [-0.39, 0.29) is 18.1 Å². The smallest absolute Gasteiger partial charge is 0.267 e. The number of carbonyl (C=O) groups is 1. The van der Waals surface area contributed by atoms with Crippen molar-refractivity contribution >= 4 is 22.9 Å². The fourth-order valence-electron chi connectivity index (χ4n) is 1.36. The van der Waals surface area contributed by atoms with Crippen molar-refractivity contribution in [1.82, 2.24) is 4.98 Å². The second-order valence-electron chi connectivity index (χ2n) is 3.52. The zero-order chi connectivity index (χ0) is 13.7. The van der Waals surface area contributed by atoms with Crippen molar-refractivity contribution in [3.63, 3.8) is 0 Å². The fourth-order valence-corrected chi connectivity index (χ4v) is 1.87. The van der Waals surface area contributed by atoms with E-state index >= 15 is 0 Å². The van der Waals surface area contributed by atoms with Crippen molar-refractivity contribution in [2.75, 3.05) is 11.9 Å². The number of hydrogen-bond donors (Lipinski definition) is 2. The number of nitrogens with one attached hydrogen (secondary N) is 1. The molecule has 1 amide bonds. The second-order valence-corrected chi connectivity index (χ2v) is 4.41. The maximum Gasteiger partial charge on any atom is 0.267 e. The molecule has 6 heteroatoms. The van der Waals surface area contributed by atoms with Crippen LogP contribution in [0.4, 0.5) is 10.1 Å². The molecule has 0 radical (unpaired) electrons. The summed E-state index contributed by atoms with van der Waals surface area (Å²) in [6, 6.07) is 4.34. The van der Waals surface area contributed by atoms with Crippen LogP contribution >= 0.6 is 11.3 Å². The molecule has 0 unspecified atom stereocenters. The van der Waals surface area contributed by atoms with Gasteiger partial charge >= 0.3 is 0 Å². The quantitative estimate of drug-likeness (QED) is 0.822. The second kappa shape index (κ2) is 6.09. The lowest BCUT2D eigenvalue weighted by molar-refractivity contribution is 0.103. The molecule has 0 spiro atoms. The van der Waals surface area contributed by atoms with Crippen LogP contribution in [0.25, 0.3) is 0 Å². The van der Waals surface area contributed by atoms with Crippen LogP contribution in [0.2, 0.25) is 0 Å². The third-order valence-electron chi connectivity index (χ3n) is 2.21. The predicted octanol–water partition coefficient (Wildman–Crippen LogP) is 1.84. The SMILES string of the molecule is NCC#Cc1ccc(NC(=O)c2cncs2)c(F)c1. The normalized spacial score (nSPS) is 9.58. The van der Waals surface area contributed by atoms with Gasteiger partial charge in [-0.05, 0) is 18.2 Å². The first-order valence-electron chi connectivity index (χ1n) is 5.39. The largest absolute Gasteiger partial charge is 0.320 e. The van der Waals surface area contributed by atoms with E-state index in [9.17, 15) is 9.18 Å². The topological polar surface area (TPSA) is 68.0 Å². The number of benzene rings is 1. The molecule has 0 bridgehead atoms. The number of nitrogens with two attached hydrogens (primary N) is 1. The molecular formula is C13H10FN3OS. The van der Waals surface area contributed by atoms with Crippen molar-refractivity contribution < 1.29 is 9.18 Å². The van der Waals surface area contributed by atoms with Crippen molar-refractivity contribution in [2.24, 2.45) is 5.73 Å². The Morgan fingerprint density at radius 2 is 2.37 bits per heavy atom. The molecule has 96 valence electrons. The highest BCUT2D eigenvalue weighted by Crippen LogP contribution is 2.17. The molecule has 3 N–H and O–H groups in total. The molecule has 0 fully saturated rings. The Morgan fingerprint density at radius 1 is 1.53 bits per heavy atom. The van der Waals surface area contributed by atoms with Crippen LogP contribution in [0.1, 0.15) is 15.2 Å². The number of amides is 1. The van der Waals surface area contributed by atoms with Crippen LogP contribution in [0.15, 0.2) is 29.9 Å². The molecule has 2 aromatic rings. The van der Waals surface area contributed by atoms with Crippen molar-refractivity contribution in [3.05, 3.63) is 46.2 Å². The lowest BCUT2D eigenvalue weighted by atomic mass is 10.2. The van der Waals surface area contributed by atoms with Crippen molar-refractivity contribution in [3.8, 4) is 11.8 Å². The van der Waals surface area contributed by atoms with Crippen LogP contribution < -0.4 is 11.1 Å². The number of hydrogen-bond acceptors (Lipinski definition) is 4. The monoisotopic (exact) mass is 275 g/mol. The molecule has 1 heterocycles. The van der Waals surface area contributed by atoms with E-state index in [2.05, 4.69) is 22.1 Å². The van der Waals surface area contributed by atoms with E-state index in [0.717, 1.165) is 0 Å². The molecule has 0 aliphatic heterocycles. The molecule has 0 aliphatic carbocycles. The predicted molar refractivity (Wildman–Crippen MR) is 72.4 cm³/mol. The van der Waals surface area contributed by atoms with Crippen molar-refractivity contribution in [1.29, 1.82) is 0 Å². The minimum atomic E-state index is -0.540. The molecule has 0 aliphatic rings. The summed E-state index contributed by atoms with van der Waals surface area (Å²) in [5.41, 5.74) is 7.39. The van der Waals surface area contributed by atoms with E-state index in [0.29, 0.717) is 10.4 Å². The van der Waals surface area contributed by atoms with Gasteiger partial charge in [0, 0.05) is 5.56 Å². The highest BCUT2D eigenvalue weighted by molar-refractivity contribution is 7.11. The van der Waals surface area contributed by atoms with Crippen molar-refractivity contribution in [2.45, 2.75) is 0 Å². The number of nitrogens with zero attached hydrogens (tertiary/aromatic N) is 1. The average Bonchev–Trinajstić information content (AvgIpc) is 2.93. The summed E-state index contributed by atoms with van der Waals surface area (Å²) in [4.78, 5) is 15.9. The van der Waals surface area contributed by atoms with E-state index in [1.54, 1.807) is 6.07 Å². The van der Waals surface area contributed by atoms with Gasteiger partial charge in [0.15, 0.2) is 0 Å². The van der Waals surface area contributed by atoms with Crippen LogP contribution in [0.3, 0.4) is 0 Å². The van der Waals surface area contributed by atoms with Gasteiger partial charge in [-0.3, -0.25) is 9.78 Å². The third kappa shape index (κ3) is 3.37. The zero-order valence-corrected chi connectivity index (χ0v) is 10.6. The maximum atomic E-state index is 13.8. The van der Waals surface area contributed by atoms with Gasteiger partial charge in [-0.15, -0.1) is 11.3 Å². The molecule has 1 aromatic heterocycles. The molecule has 4 nitrogen and oxygen atoms in total. The lowest BCUT2D eigenvalue weighted by Gasteiger charge is -2.05. The summed E-state index contributed by atoms with van der Waals surface area (Å²) < 4.78 is 13.8. The molecule has 0 saturated heterocycles. The van der Waals surface area contributed by atoms with Crippen LogP contribution in [0, 0.1) is 17.7 Å². The van der Waals surface area contributed by atoms with E-state index in [4.69, 9.17) is 5.73 Å². The molecule has 0 atom stereocenters. The summed E-state index contributed by atoms with van der Waals surface area (Å²) in [7, 11) is 0. The summed E-state index contributed by atoms with van der Waals surface area (Å²) in [6.07, 6.45) is 1.43. The van der Waals surface area contributed by atoms with E-state index in [1.807, 2.05) is 0 Å². The number of carbonyl (C=O) groups excluding carboxylic acids is 1. The van der Waals surface area contributed by atoms with Gasteiger partial charge < -0.3 is 11.1 Å². The van der Waals surface area contributed by atoms with Gasteiger partial charge in [0.05, 0.1) is 23.9 Å². The lowest BCUT2D eigenvalue weighted by Crippen LogP contribution is -2.11. The number of aromatic nitrogens is 1. The first-order chi connectivity index (χ1) is 9.20. The Hall–Kier alpha value is -2.23. The Balaban J connectivity index is 2.15. The number of thiazole rings is 1. The maximum absolute atomic E-state index is 13.8. The van der Waals surface area contributed by atoms with Gasteiger partial charge in [0.25, 0.3) is 5.91 Å². The molecule has 0 saturated carbocycles. The van der Waals surface area contributed by atoms with Gasteiger partial charge in [0.1, 0.15) is 10.7 Å². The molecule has 2 rings (SSSR count). The Labute approximate surface area is 113 Å². The highest BCUT2D eigenvalue weighted by atomic mass is 32.1. The Morgan fingerprint density at radius 3 is 3.00 bits per heavy atom. The van der Waals surface area contributed by atoms with E-state index in [1.165, 1.54) is 35.2 Å². The summed E-state index contributed by atoms with van der Waals surface area (Å²) in [5.74, 6) is 4.42. The number of halogens is 1. The first-order valence-corrected chi connectivity index (χ1v) is 6.27. The Kier molecular flexibility index (Phi) is 4.23. The van der Waals surface area contributed by atoms with Gasteiger partial charge in [0.2, 0.25) is 0 Å². The third-order valence-corrected chi connectivity index (χ3v) is 2.98. The van der Waals surface area contributed by atoms with Gasteiger partial charge in [-0.2, -0.15) is 0 Å². The number of rotatable bonds is 2. The van der Waals surface area contributed by atoms with Gasteiger partial charge in [-0.1, -0.05) is 11.8 Å². The van der Waals surface area contributed by atoms with Gasteiger partial charge in [-0.25, -0.2) is 4.39 Å². The van der Waals surface area contributed by atoms with Crippen LogP contribution in [-0.4, -0.2) is 17.4 Å². The van der Waals surface area contributed by atoms with E-state index < -0.39 is 5.82 Å². The summed E-state index contributed by atoms with van der Waals surface area (Å²) in [6.45, 7) is 0.214. The highest BCUT2D eigenvalue weighted by Gasteiger charge is 2.10. The molecule has 1 aromatic carbocycles.